The van der Waals surface area contributed by atoms with E-state index in [1.165, 1.54) is 27.4 Å². The summed E-state index contributed by atoms with van der Waals surface area (Å²) in [5.41, 5.74) is 0.547. The molecule has 0 aliphatic rings. The van der Waals surface area contributed by atoms with Gasteiger partial charge in [0.15, 0.2) is 16.1 Å². The molecule has 2 aromatic heterocycles. The van der Waals surface area contributed by atoms with Crippen molar-refractivity contribution >= 4 is 49.8 Å². The molecular weight excluding hydrogens is 432 g/mol. The molecule has 0 atom stereocenters. The quantitative estimate of drug-likeness (QED) is 0.522. The number of anilines is 2. The number of nitrogens with one attached hydrogen (secondary N) is 1. The number of hydrogen-bond acceptors (Lipinski definition) is 8. The summed E-state index contributed by atoms with van der Waals surface area (Å²) in [4.78, 5) is 17.2. The molecule has 154 valence electrons. The van der Waals surface area contributed by atoms with Crippen LogP contribution in [0.4, 0.5) is 10.8 Å². The van der Waals surface area contributed by atoms with E-state index in [-0.39, 0.29) is 18.2 Å². The Balaban J connectivity index is 1.67. The molecule has 12 heteroatoms. The molecule has 0 bridgehead atoms. The van der Waals surface area contributed by atoms with Crippen molar-refractivity contribution in [3.63, 3.8) is 0 Å². The van der Waals surface area contributed by atoms with Gasteiger partial charge in [0.2, 0.25) is 15.9 Å². The lowest BCUT2D eigenvalue weighted by atomic mass is 10.3. The van der Waals surface area contributed by atoms with Crippen molar-refractivity contribution in [1.82, 2.24) is 19.7 Å². The third-order valence-electron chi connectivity index (χ3n) is 3.85. The van der Waals surface area contributed by atoms with Crippen molar-refractivity contribution in [2.75, 3.05) is 21.6 Å². The number of thiazole rings is 1. The zero-order valence-electron chi connectivity index (χ0n) is 16.1. The zero-order chi connectivity index (χ0) is 21.0. The molecule has 3 rings (SSSR count). The molecule has 0 aliphatic carbocycles. The highest BCUT2D eigenvalue weighted by molar-refractivity contribution is 7.99. The minimum Gasteiger partial charge on any atom is -0.308 e. The van der Waals surface area contributed by atoms with Gasteiger partial charge in [-0.15, -0.1) is 21.5 Å². The number of sulfonamides is 1. The summed E-state index contributed by atoms with van der Waals surface area (Å²) in [7, 11) is -1.77. The van der Waals surface area contributed by atoms with Crippen LogP contribution in [0.25, 0.3) is 0 Å². The topological polar surface area (TPSA) is 110 Å². The zero-order valence-corrected chi connectivity index (χ0v) is 18.5. The maximum absolute atomic E-state index is 12.3. The van der Waals surface area contributed by atoms with E-state index in [0.29, 0.717) is 21.8 Å². The number of hydrogen-bond donors (Lipinski definition) is 1. The Morgan fingerprint density at radius 2 is 2.00 bits per heavy atom. The van der Waals surface area contributed by atoms with Gasteiger partial charge in [0.25, 0.3) is 0 Å². The standard InChI is InChI=1S/C17H20N6O3S3/c1-12-9-18-16(28-12)19-15(24)11-27-17-21-20-14(22(17)2)10-23(29(3,25)26)13-7-5-4-6-8-13/h4-9H,10-11H2,1-3H3,(H,18,19,24). The first-order valence-corrected chi connectivity index (χ1v) is 12.1. The predicted octanol–water partition coefficient (Wildman–Crippen LogP) is 2.28. The minimum absolute atomic E-state index is 0.0392. The highest BCUT2D eigenvalue weighted by Gasteiger charge is 2.21. The van der Waals surface area contributed by atoms with Gasteiger partial charge >= 0.3 is 0 Å². The smallest absolute Gasteiger partial charge is 0.236 e. The molecule has 3 aromatic rings. The molecule has 9 nitrogen and oxygen atoms in total. The van der Waals surface area contributed by atoms with Gasteiger partial charge in [0, 0.05) is 18.1 Å². The van der Waals surface area contributed by atoms with E-state index in [9.17, 15) is 13.2 Å². The van der Waals surface area contributed by atoms with Crippen molar-refractivity contribution in [2.24, 2.45) is 7.05 Å². The maximum atomic E-state index is 12.3. The van der Waals surface area contributed by atoms with Crippen LogP contribution in [-0.2, 0) is 28.4 Å². The summed E-state index contributed by atoms with van der Waals surface area (Å²) >= 11 is 2.62. The van der Waals surface area contributed by atoms with Gasteiger partial charge in [-0.3, -0.25) is 9.10 Å². The summed E-state index contributed by atoms with van der Waals surface area (Å²) in [6.07, 6.45) is 2.85. The number of amides is 1. The summed E-state index contributed by atoms with van der Waals surface area (Å²) < 4.78 is 27.5. The van der Waals surface area contributed by atoms with Crippen molar-refractivity contribution in [2.45, 2.75) is 18.6 Å². The number of benzene rings is 1. The van der Waals surface area contributed by atoms with E-state index in [0.717, 1.165) is 11.1 Å². The summed E-state index contributed by atoms with van der Waals surface area (Å²) in [5, 5.41) is 12.0. The summed E-state index contributed by atoms with van der Waals surface area (Å²) in [6, 6.07) is 8.80. The highest BCUT2D eigenvalue weighted by Crippen LogP contribution is 2.22. The average Bonchev–Trinajstić information content (AvgIpc) is 3.23. The Morgan fingerprint density at radius 1 is 1.28 bits per heavy atom. The molecule has 1 N–H and O–H groups in total. The molecule has 29 heavy (non-hydrogen) atoms. The van der Waals surface area contributed by atoms with Gasteiger partial charge in [0.05, 0.1) is 24.2 Å². The van der Waals surface area contributed by atoms with Crippen LogP contribution in [0, 0.1) is 6.92 Å². The van der Waals surface area contributed by atoms with Gasteiger partial charge in [-0.25, -0.2) is 13.4 Å². The van der Waals surface area contributed by atoms with Crippen LogP contribution in [0.15, 0.2) is 41.7 Å². The third kappa shape index (κ3) is 5.55. The van der Waals surface area contributed by atoms with E-state index in [4.69, 9.17) is 0 Å². The van der Waals surface area contributed by atoms with E-state index in [1.807, 2.05) is 13.0 Å². The average molecular weight is 453 g/mol. The summed E-state index contributed by atoms with van der Waals surface area (Å²) in [6.45, 7) is 1.95. The number of carbonyl (C=O) groups is 1. The molecule has 0 spiro atoms. The molecule has 0 saturated heterocycles. The van der Waals surface area contributed by atoms with Gasteiger partial charge in [0.1, 0.15) is 0 Å². The van der Waals surface area contributed by atoms with Crippen LogP contribution < -0.4 is 9.62 Å². The van der Waals surface area contributed by atoms with Crippen molar-refractivity contribution < 1.29 is 13.2 Å². The van der Waals surface area contributed by atoms with Crippen LogP contribution in [0.1, 0.15) is 10.7 Å². The fraction of sp³-hybridized carbons (Fsp3) is 0.294. The molecule has 0 fully saturated rings. The molecule has 1 aromatic carbocycles. The second kappa shape index (κ2) is 8.93. The number of carbonyl (C=O) groups excluding carboxylic acids is 1. The van der Waals surface area contributed by atoms with Gasteiger partial charge in [-0.05, 0) is 19.1 Å². The van der Waals surface area contributed by atoms with Crippen LogP contribution in [0.3, 0.4) is 0 Å². The molecular formula is C17H20N6O3S3. The maximum Gasteiger partial charge on any atom is 0.236 e. The predicted molar refractivity (Wildman–Crippen MR) is 115 cm³/mol. The Kier molecular flexibility index (Phi) is 6.55. The van der Waals surface area contributed by atoms with E-state index >= 15 is 0 Å². The van der Waals surface area contributed by atoms with Crippen molar-refractivity contribution in [1.29, 1.82) is 0 Å². The monoisotopic (exact) mass is 452 g/mol. The number of para-hydroxylation sites is 1. The number of aromatic nitrogens is 4. The first kappa shape index (κ1) is 21.3. The van der Waals surface area contributed by atoms with E-state index in [1.54, 1.807) is 42.1 Å². The Bertz CT molecular complexity index is 1090. The second-order valence-corrected chi connectivity index (χ2v) is 10.3. The second-order valence-electron chi connectivity index (χ2n) is 6.18. The Morgan fingerprint density at radius 3 is 2.62 bits per heavy atom. The highest BCUT2D eigenvalue weighted by atomic mass is 32.2. The lowest BCUT2D eigenvalue weighted by Gasteiger charge is -2.21. The lowest BCUT2D eigenvalue weighted by molar-refractivity contribution is -0.113. The molecule has 2 heterocycles. The van der Waals surface area contributed by atoms with Crippen LogP contribution in [0.5, 0.6) is 0 Å². The SMILES string of the molecule is Cc1cnc(NC(=O)CSc2nnc(CN(c3ccccc3)S(C)(=O)=O)n2C)s1. The number of thioether (sulfide) groups is 1. The summed E-state index contributed by atoms with van der Waals surface area (Å²) in [5.74, 6) is 0.410. The normalized spacial score (nSPS) is 11.4. The fourth-order valence-corrected chi connectivity index (χ4v) is 4.69. The van der Waals surface area contributed by atoms with Gasteiger partial charge in [-0.2, -0.15) is 0 Å². The number of rotatable bonds is 8. The van der Waals surface area contributed by atoms with Crippen LogP contribution >= 0.6 is 23.1 Å². The molecule has 0 saturated carbocycles. The number of nitrogens with zero attached hydrogens (tertiary/aromatic N) is 5. The lowest BCUT2D eigenvalue weighted by Crippen LogP contribution is -2.30. The van der Waals surface area contributed by atoms with Crippen molar-refractivity contribution in [3.05, 3.63) is 47.2 Å². The van der Waals surface area contributed by atoms with Gasteiger partial charge < -0.3 is 9.88 Å². The van der Waals surface area contributed by atoms with Crippen LogP contribution in [0.2, 0.25) is 0 Å². The Labute approximate surface area is 177 Å². The number of aryl methyl sites for hydroxylation is 1. The first-order valence-electron chi connectivity index (χ1n) is 8.50. The first-order chi connectivity index (χ1) is 13.7. The fourth-order valence-electron chi connectivity index (χ4n) is 2.43. The molecule has 0 unspecified atom stereocenters. The van der Waals surface area contributed by atoms with Gasteiger partial charge in [-0.1, -0.05) is 30.0 Å². The molecule has 0 aliphatic heterocycles. The largest absolute Gasteiger partial charge is 0.308 e. The third-order valence-corrected chi connectivity index (χ3v) is 6.84. The van der Waals surface area contributed by atoms with E-state index < -0.39 is 10.0 Å². The van der Waals surface area contributed by atoms with Crippen LogP contribution in [-0.4, -0.2) is 46.1 Å². The molecule has 1 amide bonds. The Hall–Kier alpha value is -2.44. The van der Waals surface area contributed by atoms with Crippen molar-refractivity contribution in [3.8, 4) is 0 Å². The van der Waals surface area contributed by atoms with E-state index in [2.05, 4.69) is 20.5 Å². The molecule has 0 radical (unpaired) electrons. The minimum atomic E-state index is -3.51.